The molecular weight excluding hydrogens is 310 g/mol. The minimum atomic E-state index is -0.484. The Labute approximate surface area is 139 Å². The van der Waals surface area contributed by atoms with Gasteiger partial charge in [0.15, 0.2) is 0 Å². The quantitative estimate of drug-likeness (QED) is 0.622. The first-order chi connectivity index (χ1) is 11.5. The number of hydrogen-bond donors (Lipinski definition) is 1. The van der Waals surface area contributed by atoms with Crippen LogP contribution in [-0.4, -0.2) is 22.4 Å². The number of nitrogens with one attached hydrogen (secondary N) is 1. The van der Waals surface area contributed by atoms with Gasteiger partial charge in [-0.05, 0) is 31.0 Å². The molecule has 1 heterocycles. The van der Waals surface area contributed by atoms with E-state index in [0.29, 0.717) is 23.6 Å². The van der Waals surface area contributed by atoms with Crippen LogP contribution in [0.3, 0.4) is 0 Å². The molecule has 0 bridgehead atoms. The monoisotopic (exact) mass is 329 g/mol. The minimum Gasteiger partial charge on any atom is -0.477 e. The van der Waals surface area contributed by atoms with E-state index >= 15 is 0 Å². The summed E-state index contributed by atoms with van der Waals surface area (Å²) in [6.45, 7) is 4.49. The van der Waals surface area contributed by atoms with Crippen LogP contribution in [0.4, 0.5) is 5.69 Å². The predicted molar refractivity (Wildman–Crippen MR) is 89.0 cm³/mol. The first-order valence-corrected chi connectivity index (χ1v) is 7.63. The Bertz CT molecular complexity index is 746. The zero-order chi connectivity index (χ0) is 17.5. The molecule has 0 saturated carbocycles. The molecule has 7 nitrogen and oxygen atoms in total. The van der Waals surface area contributed by atoms with Gasteiger partial charge in [-0.3, -0.25) is 14.9 Å². The fourth-order valence-corrected chi connectivity index (χ4v) is 2.17. The maximum Gasteiger partial charge on any atom is 0.269 e. The first kappa shape index (κ1) is 17.4. The second kappa shape index (κ2) is 8.05. The highest BCUT2D eigenvalue weighted by Gasteiger charge is 2.14. The number of ether oxygens (including phenoxy) is 1. The standard InChI is InChI=1S/C17H19N3O4/c1-3-9-24-17-13(5-4-8-18-17)11-19-16(21)15-7-6-14(20(22)23)10-12(15)2/h4-8,10H,3,9,11H2,1-2H3,(H,19,21). The van der Waals surface area contributed by atoms with E-state index in [-0.39, 0.29) is 18.1 Å². The highest BCUT2D eigenvalue weighted by Crippen LogP contribution is 2.18. The number of pyridine rings is 1. The number of non-ortho nitro benzene ring substituents is 1. The van der Waals surface area contributed by atoms with Crippen molar-refractivity contribution in [1.82, 2.24) is 10.3 Å². The number of amides is 1. The first-order valence-electron chi connectivity index (χ1n) is 7.63. The summed E-state index contributed by atoms with van der Waals surface area (Å²) in [7, 11) is 0. The molecule has 1 N–H and O–H groups in total. The van der Waals surface area contributed by atoms with Crippen LogP contribution in [0.15, 0.2) is 36.5 Å². The van der Waals surface area contributed by atoms with Crippen molar-refractivity contribution in [3.05, 3.63) is 63.3 Å². The molecule has 0 aliphatic heterocycles. The SMILES string of the molecule is CCCOc1ncccc1CNC(=O)c1ccc([N+](=O)[O-])cc1C. The van der Waals surface area contributed by atoms with Gasteiger partial charge in [-0.25, -0.2) is 4.98 Å². The summed E-state index contributed by atoms with van der Waals surface area (Å²) >= 11 is 0. The van der Waals surface area contributed by atoms with E-state index in [1.165, 1.54) is 18.2 Å². The summed E-state index contributed by atoms with van der Waals surface area (Å²) in [6.07, 6.45) is 2.50. The molecule has 2 aromatic rings. The Kier molecular flexibility index (Phi) is 5.83. The van der Waals surface area contributed by atoms with Gasteiger partial charge in [0, 0.05) is 36.0 Å². The second-order valence-electron chi connectivity index (χ2n) is 5.26. The normalized spacial score (nSPS) is 10.2. The number of nitrogens with zero attached hydrogens (tertiary/aromatic N) is 2. The van der Waals surface area contributed by atoms with E-state index in [1.54, 1.807) is 19.2 Å². The predicted octanol–water partition coefficient (Wildman–Crippen LogP) is 3.02. The second-order valence-corrected chi connectivity index (χ2v) is 5.26. The van der Waals surface area contributed by atoms with Crippen molar-refractivity contribution >= 4 is 11.6 Å². The van der Waals surface area contributed by atoms with Crippen LogP contribution in [0.2, 0.25) is 0 Å². The average molecular weight is 329 g/mol. The molecule has 2 rings (SSSR count). The number of nitro groups is 1. The zero-order valence-electron chi connectivity index (χ0n) is 13.6. The molecule has 0 fully saturated rings. The lowest BCUT2D eigenvalue weighted by atomic mass is 10.1. The van der Waals surface area contributed by atoms with E-state index < -0.39 is 4.92 Å². The van der Waals surface area contributed by atoms with Gasteiger partial charge in [0.05, 0.1) is 11.5 Å². The van der Waals surface area contributed by atoms with Gasteiger partial charge in [0.2, 0.25) is 5.88 Å². The van der Waals surface area contributed by atoms with Gasteiger partial charge in [0.25, 0.3) is 11.6 Å². The Hall–Kier alpha value is -2.96. The van der Waals surface area contributed by atoms with Gasteiger partial charge in [-0.15, -0.1) is 0 Å². The lowest BCUT2D eigenvalue weighted by molar-refractivity contribution is -0.384. The molecule has 24 heavy (non-hydrogen) atoms. The number of carbonyl (C=O) groups is 1. The number of aromatic nitrogens is 1. The third-order valence-corrected chi connectivity index (χ3v) is 3.40. The maximum atomic E-state index is 12.3. The van der Waals surface area contributed by atoms with Crippen molar-refractivity contribution in [3.8, 4) is 5.88 Å². The third kappa shape index (κ3) is 4.28. The summed E-state index contributed by atoms with van der Waals surface area (Å²) in [6, 6.07) is 7.77. The molecule has 0 saturated heterocycles. The van der Waals surface area contributed by atoms with Gasteiger partial charge < -0.3 is 10.1 Å². The molecular formula is C17H19N3O4. The Morgan fingerprint density at radius 2 is 2.17 bits per heavy atom. The van der Waals surface area contributed by atoms with Crippen molar-refractivity contribution in [2.75, 3.05) is 6.61 Å². The average Bonchev–Trinajstić information content (AvgIpc) is 2.58. The van der Waals surface area contributed by atoms with Crippen molar-refractivity contribution in [2.24, 2.45) is 0 Å². The molecule has 0 aliphatic carbocycles. The maximum absolute atomic E-state index is 12.3. The molecule has 0 atom stereocenters. The van der Waals surface area contributed by atoms with E-state index in [1.807, 2.05) is 13.0 Å². The number of hydrogen-bond acceptors (Lipinski definition) is 5. The van der Waals surface area contributed by atoms with Crippen LogP contribution in [0.1, 0.15) is 34.8 Å². The molecule has 1 aromatic heterocycles. The van der Waals surface area contributed by atoms with Gasteiger partial charge in [-0.1, -0.05) is 13.0 Å². The number of carbonyl (C=O) groups excluding carboxylic acids is 1. The fraction of sp³-hybridized carbons (Fsp3) is 0.294. The molecule has 0 unspecified atom stereocenters. The van der Waals surface area contributed by atoms with E-state index in [0.717, 1.165) is 12.0 Å². The highest BCUT2D eigenvalue weighted by atomic mass is 16.6. The Morgan fingerprint density at radius 3 is 2.83 bits per heavy atom. The summed E-state index contributed by atoms with van der Waals surface area (Å²) < 4.78 is 5.55. The van der Waals surface area contributed by atoms with Crippen molar-refractivity contribution in [1.29, 1.82) is 0 Å². The van der Waals surface area contributed by atoms with Crippen molar-refractivity contribution in [3.63, 3.8) is 0 Å². The smallest absolute Gasteiger partial charge is 0.269 e. The lowest BCUT2D eigenvalue weighted by Crippen LogP contribution is -2.24. The van der Waals surface area contributed by atoms with Crippen LogP contribution in [0.25, 0.3) is 0 Å². The summed E-state index contributed by atoms with van der Waals surface area (Å²) in [5.41, 5.74) is 1.70. The van der Waals surface area contributed by atoms with Crippen molar-refractivity contribution < 1.29 is 14.5 Å². The summed E-state index contributed by atoms with van der Waals surface area (Å²) in [5.74, 6) is 0.202. The zero-order valence-corrected chi connectivity index (χ0v) is 13.6. The van der Waals surface area contributed by atoms with E-state index in [4.69, 9.17) is 4.74 Å². The van der Waals surface area contributed by atoms with Crippen LogP contribution >= 0.6 is 0 Å². The van der Waals surface area contributed by atoms with Gasteiger partial charge in [-0.2, -0.15) is 0 Å². The van der Waals surface area contributed by atoms with Gasteiger partial charge in [0.1, 0.15) is 0 Å². The lowest BCUT2D eigenvalue weighted by Gasteiger charge is -2.11. The molecule has 0 spiro atoms. The van der Waals surface area contributed by atoms with Crippen LogP contribution < -0.4 is 10.1 Å². The van der Waals surface area contributed by atoms with E-state index in [9.17, 15) is 14.9 Å². The summed E-state index contributed by atoms with van der Waals surface area (Å²) in [5, 5.41) is 13.5. The van der Waals surface area contributed by atoms with Crippen LogP contribution in [0, 0.1) is 17.0 Å². The third-order valence-electron chi connectivity index (χ3n) is 3.40. The van der Waals surface area contributed by atoms with Crippen LogP contribution in [0.5, 0.6) is 5.88 Å². The van der Waals surface area contributed by atoms with E-state index in [2.05, 4.69) is 10.3 Å². The molecule has 0 radical (unpaired) electrons. The Balaban J connectivity index is 2.07. The largest absolute Gasteiger partial charge is 0.477 e. The number of benzene rings is 1. The highest BCUT2D eigenvalue weighted by molar-refractivity contribution is 5.95. The molecule has 7 heteroatoms. The fourth-order valence-electron chi connectivity index (χ4n) is 2.17. The van der Waals surface area contributed by atoms with Crippen LogP contribution in [-0.2, 0) is 6.54 Å². The van der Waals surface area contributed by atoms with Crippen molar-refractivity contribution in [2.45, 2.75) is 26.8 Å². The summed E-state index contributed by atoms with van der Waals surface area (Å²) in [4.78, 5) is 26.7. The number of nitro benzene ring substituents is 1. The minimum absolute atomic E-state index is 0.0356. The number of rotatable bonds is 7. The Morgan fingerprint density at radius 1 is 1.38 bits per heavy atom. The molecule has 1 amide bonds. The topological polar surface area (TPSA) is 94.4 Å². The number of aryl methyl sites for hydroxylation is 1. The molecule has 126 valence electrons. The molecule has 0 aliphatic rings. The van der Waals surface area contributed by atoms with Gasteiger partial charge >= 0.3 is 0 Å². The molecule has 1 aromatic carbocycles.